The zero-order valence-corrected chi connectivity index (χ0v) is 11.5. The van der Waals surface area contributed by atoms with Crippen molar-refractivity contribution in [3.8, 4) is 5.69 Å². The van der Waals surface area contributed by atoms with E-state index in [1.165, 1.54) is 0 Å². The van der Waals surface area contributed by atoms with Gasteiger partial charge in [0.1, 0.15) is 0 Å². The van der Waals surface area contributed by atoms with E-state index in [0.717, 1.165) is 5.69 Å². The molecule has 0 spiro atoms. The number of urea groups is 1. The molecule has 0 unspecified atom stereocenters. The molecule has 1 heterocycles. The van der Waals surface area contributed by atoms with Crippen LogP contribution in [0.1, 0.15) is 6.92 Å². The van der Waals surface area contributed by atoms with Crippen molar-refractivity contribution in [2.75, 3.05) is 19.0 Å². The van der Waals surface area contributed by atoms with Gasteiger partial charge in [-0.15, -0.1) is 5.10 Å². The van der Waals surface area contributed by atoms with Crippen molar-refractivity contribution in [3.63, 3.8) is 0 Å². The number of nitrogens with zero attached hydrogens (tertiary/aromatic N) is 2. The minimum absolute atomic E-state index is 0.0591. The Morgan fingerprint density at radius 3 is 2.80 bits per heavy atom. The summed E-state index contributed by atoms with van der Waals surface area (Å²) >= 11 is 0. The largest absolute Gasteiger partial charge is 0.383 e. The quantitative estimate of drug-likeness (QED) is 0.876. The van der Waals surface area contributed by atoms with Gasteiger partial charge in [-0.2, -0.15) is 0 Å². The summed E-state index contributed by atoms with van der Waals surface area (Å²) in [4.78, 5) is 11.7. The van der Waals surface area contributed by atoms with Gasteiger partial charge in [-0.1, -0.05) is 18.2 Å². The second kappa shape index (κ2) is 6.72. The molecule has 0 aliphatic rings. The predicted molar refractivity (Wildman–Crippen MR) is 77.1 cm³/mol. The fourth-order valence-corrected chi connectivity index (χ4v) is 1.78. The van der Waals surface area contributed by atoms with Gasteiger partial charge in [0, 0.05) is 19.4 Å². The van der Waals surface area contributed by atoms with E-state index in [0.29, 0.717) is 12.4 Å². The van der Waals surface area contributed by atoms with E-state index in [1.807, 2.05) is 37.3 Å². The van der Waals surface area contributed by atoms with E-state index < -0.39 is 0 Å². The van der Waals surface area contributed by atoms with Gasteiger partial charge in [-0.25, -0.2) is 9.48 Å². The number of carbonyl (C=O) groups excluding carboxylic acids is 1. The molecule has 2 N–H and O–H groups in total. The molecule has 0 bridgehead atoms. The molecule has 0 saturated heterocycles. The molecule has 106 valence electrons. The summed E-state index contributed by atoms with van der Waals surface area (Å²) in [6.45, 7) is 2.33. The third-order valence-electron chi connectivity index (χ3n) is 2.65. The first-order valence-corrected chi connectivity index (χ1v) is 6.36. The van der Waals surface area contributed by atoms with Crippen LogP contribution in [0.5, 0.6) is 0 Å². The van der Waals surface area contributed by atoms with E-state index in [2.05, 4.69) is 15.7 Å². The first-order chi connectivity index (χ1) is 9.69. The van der Waals surface area contributed by atoms with Crippen molar-refractivity contribution in [1.82, 2.24) is 15.1 Å². The number of carbonyl (C=O) groups is 1. The Balaban J connectivity index is 1.95. The Labute approximate surface area is 117 Å². The number of anilines is 1. The monoisotopic (exact) mass is 274 g/mol. The predicted octanol–water partition coefficient (Wildman–Crippen LogP) is 2.03. The van der Waals surface area contributed by atoms with Crippen LogP contribution >= 0.6 is 0 Å². The fraction of sp³-hybridized carbons (Fsp3) is 0.286. The van der Waals surface area contributed by atoms with Crippen LogP contribution in [0.15, 0.2) is 42.6 Å². The molecule has 0 fully saturated rings. The highest BCUT2D eigenvalue weighted by atomic mass is 16.5. The first-order valence-electron chi connectivity index (χ1n) is 6.36. The Morgan fingerprint density at radius 1 is 1.35 bits per heavy atom. The zero-order valence-electron chi connectivity index (χ0n) is 11.5. The minimum Gasteiger partial charge on any atom is -0.383 e. The molecule has 2 rings (SSSR count). The molecule has 0 aliphatic carbocycles. The lowest BCUT2D eigenvalue weighted by Crippen LogP contribution is -2.38. The number of amides is 2. The molecule has 1 aromatic carbocycles. The normalized spacial score (nSPS) is 11.9. The lowest BCUT2D eigenvalue weighted by molar-refractivity contribution is 0.173. The van der Waals surface area contributed by atoms with Crippen molar-refractivity contribution in [3.05, 3.63) is 42.6 Å². The van der Waals surface area contributed by atoms with Crippen molar-refractivity contribution < 1.29 is 9.53 Å². The molecule has 0 saturated carbocycles. The molecule has 6 nitrogen and oxygen atoms in total. The molecule has 6 heteroatoms. The van der Waals surface area contributed by atoms with E-state index >= 15 is 0 Å². The van der Waals surface area contributed by atoms with Gasteiger partial charge in [0.25, 0.3) is 0 Å². The Bertz CT molecular complexity index is 553. The van der Waals surface area contributed by atoms with Crippen molar-refractivity contribution >= 4 is 11.8 Å². The number of methoxy groups -OCH3 is 1. The van der Waals surface area contributed by atoms with Gasteiger partial charge in [-0.05, 0) is 19.1 Å². The number of ether oxygens (including phenoxy) is 1. The average Bonchev–Trinajstić information content (AvgIpc) is 2.88. The Hall–Kier alpha value is -2.34. The van der Waals surface area contributed by atoms with Crippen LogP contribution < -0.4 is 10.6 Å². The third kappa shape index (κ3) is 3.83. The van der Waals surface area contributed by atoms with Crippen LogP contribution in [-0.4, -0.2) is 35.6 Å². The molecule has 0 radical (unpaired) electrons. The van der Waals surface area contributed by atoms with E-state index in [9.17, 15) is 4.79 Å². The molecule has 1 atom stereocenters. The molecule has 1 aromatic heterocycles. The van der Waals surface area contributed by atoms with Gasteiger partial charge in [0.2, 0.25) is 0 Å². The van der Waals surface area contributed by atoms with Crippen LogP contribution in [0, 0.1) is 0 Å². The van der Waals surface area contributed by atoms with Crippen molar-refractivity contribution in [2.45, 2.75) is 13.0 Å². The second-order valence-corrected chi connectivity index (χ2v) is 4.44. The molecule has 2 aromatic rings. The second-order valence-electron chi connectivity index (χ2n) is 4.44. The third-order valence-corrected chi connectivity index (χ3v) is 2.65. The van der Waals surface area contributed by atoms with Gasteiger partial charge in [-0.3, -0.25) is 5.32 Å². The number of hydrogen-bond donors (Lipinski definition) is 2. The number of para-hydroxylation sites is 1. The van der Waals surface area contributed by atoms with Gasteiger partial charge in [0.15, 0.2) is 5.82 Å². The summed E-state index contributed by atoms with van der Waals surface area (Å²) in [6, 6.07) is 11.1. The highest BCUT2D eigenvalue weighted by Gasteiger charge is 2.08. The van der Waals surface area contributed by atoms with Crippen LogP contribution in [0.4, 0.5) is 10.6 Å². The maximum absolute atomic E-state index is 11.7. The van der Waals surface area contributed by atoms with Crippen LogP contribution in [0.3, 0.4) is 0 Å². The first kappa shape index (κ1) is 14.1. The Morgan fingerprint density at radius 2 is 2.10 bits per heavy atom. The van der Waals surface area contributed by atoms with Gasteiger partial charge >= 0.3 is 6.03 Å². The maximum Gasteiger partial charge on any atom is 0.320 e. The number of hydrogen-bond acceptors (Lipinski definition) is 3. The topological polar surface area (TPSA) is 68.2 Å². The summed E-state index contributed by atoms with van der Waals surface area (Å²) in [5, 5.41) is 9.73. The van der Waals surface area contributed by atoms with Crippen molar-refractivity contribution in [2.24, 2.45) is 0 Å². The summed E-state index contributed by atoms with van der Waals surface area (Å²) in [5.74, 6) is 0.496. The smallest absolute Gasteiger partial charge is 0.320 e. The summed E-state index contributed by atoms with van der Waals surface area (Å²) in [5.41, 5.74) is 0.939. The molecular formula is C14H18N4O2. The van der Waals surface area contributed by atoms with E-state index in [-0.39, 0.29) is 12.1 Å². The van der Waals surface area contributed by atoms with Crippen molar-refractivity contribution in [1.29, 1.82) is 0 Å². The highest BCUT2D eigenvalue weighted by Crippen LogP contribution is 2.09. The lowest BCUT2D eigenvalue weighted by atomic mass is 10.3. The number of nitrogens with one attached hydrogen (secondary N) is 2. The zero-order chi connectivity index (χ0) is 14.4. The Kier molecular flexibility index (Phi) is 4.73. The highest BCUT2D eigenvalue weighted by molar-refractivity contribution is 5.88. The molecular weight excluding hydrogens is 256 g/mol. The summed E-state index contributed by atoms with van der Waals surface area (Å²) in [6.07, 6.45) is 1.80. The lowest BCUT2D eigenvalue weighted by Gasteiger charge is -2.12. The van der Waals surface area contributed by atoms with Crippen LogP contribution in [-0.2, 0) is 4.74 Å². The summed E-state index contributed by atoms with van der Waals surface area (Å²) in [7, 11) is 1.59. The van der Waals surface area contributed by atoms with E-state index in [1.54, 1.807) is 24.1 Å². The van der Waals surface area contributed by atoms with Gasteiger partial charge < -0.3 is 10.1 Å². The maximum atomic E-state index is 11.7. The molecule has 2 amide bonds. The van der Waals surface area contributed by atoms with E-state index in [4.69, 9.17) is 4.74 Å². The standard InChI is InChI=1S/C14H18N4O2/c1-11(10-20-2)15-14(19)16-13-8-9-18(17-13)12-6-4-3-5-7-12/h3-9,11H,10H2,1-2H3,(H2,15,16,17,19)/t11-/m0/s1. The fourth-order valence-electron chi connectivity index (χ4n) is 1.78. The SMILES string of the molecule is COC[C@H](C)NC(=O)Nc1ccn(-c2ccccc2)n1. The summed E-state index contributed by atoms with van der Waals surface area (Å²) < 4.78 is 6.66. The molecule has 0 aliphatic heterocycles. The number of aromatic nitrogens is 2. The number of benzene rings is 1. The van der Waals surface area contributed by atoms with Crippen LogP contribution in [0.2, 0.25) is 0 Å². The van der Waals surface area contributed by atoms with Crippen LogP contribution in [0.25, 0.3) is 5.69 Å². The molecule has 20 heavy (non-hydrogen) atoms. The minimum atomic E-state index is -0.298. The van der Waals surface area contributed by atoms with Gasteiger partial charge in [0.05, 0.1) is 18.3 Å². The number of rotatable bonds is 5. The average molecular weight is 274 g/mol.